The van der Waals surface area contributed by atoms with E-state index in [2.05, 4.69) is 92.4 Å². The molecular formula is C24H40N4S. The van der Waals surface area contributed by atoms with Crippen LogP contribution in [0.15, 0.2) is 30.3 Å². The van der Waals surface area contributed by atoms with Gasteiger partial charge >= 0.3 is 0 Å². The first-order valence-electron chi connectivity index (χ1n) is 11.2. The van der Waals surface area contributed by atoms with E-state index in [4.69, 9.17) is 12.2 Å². The highest BCUT2D eigenvalue weighted by Gasteiger charge is 2.39. The van der Waals surface area contributed by atoms with Gasteiger partial charge in [-0.1, -0.05) is 30.3 Å². The van der Waals surface area contributed by atoms with Crippen LogP contribution in [0.25, 0.3) is 0 Å². The van der Waals surface area contributed by atoms with E-state index < -0.39 is 0 Å². The summed E-state index contributed by atoms with van der Waals surface area (Å²) in [6, 6.07) is 12.0. The number of rotatable bonds is 4. The topological polar surface area (TPSA) is 30.5 Å². The molecule has 2 saturated heterocycles. The van der Waals surface area contributed by atoms with E-state index in [0.29, 0.717) is 12.1 Å². The Morgan fingerprint density at radius 3 is 2.21 bits per heavy atom. The van der Waals surface area contributed by atoms with E-state index in [-0.39, 0.29) is 17.1 Å². The van der Waals surface area contributed by atoms with Gasteiger partial charge in [-0.15, -0.1) is 0 Å². The van der Waals surface area contributed by atoms with E-state index >= 15 is 0 Å². The second-order valence-electron chi connectivity index (χ2n) is 10.5. The highest BCUT2D eigenvalue weighted by Crippen LogP contribution is 2.31. The second-order valence-corrected chi connectivity index (χ2v) is 10.9. The standard InChI is InChI=1S/C24H40N4S/c1-18(19-10-8-7-9-11-19)28(21-12-14-27(6)15-13-21)22(29)25-20-16-23(2,3)26-24(4,5)17-20/h7-11,18,20-21,26H,12-17H2,1-6H3,(H,25,29). The minimum absolute atomic E-state index is 0.110. The van der Waals surface area contributed by atoms with Crippen molar-refractivity contribution in [1.29, 1.82) is 0 Å². The lowest BCUT2D eigenvalue weighted by atomic mass is 9.79. The highest BCUT2D eigenvalue weighted by molar-refractivity contribution is 7.80. The molecule has 1 aromatic rings. The molecule has 2 fully saturated rings. The van der Waals surface area contributed by atoms with Crippen molar-refractivity contribution in [1.82, 2.24) is 20.4 Å². The molecule has 1 aromatic carbocycles. The summed E-state index contributed by atoms with van der Waals surface area (Å²) >= 11 is 6.07. The fourth-order valence-electron chi connectivity index (χ4n) is 5.50. The molecule has 29 heavy (non-hydrogen) atoms. The Bertz CT molecular complexity index is 663. The van der Waals surface area contributed by atoms with Crippen LogP contribution >= 0.6 is 12.2 Å². The zero-order chi connectivity index (χ0) is 21.2. The summed E-state index contributed by atoms with van der Waals surface area (Å²) in [6.45, 7) is 13.8. The van der Waals surface area contributed by atoms with Crippen molar-refractivity contribution in [2.24, 2.45) is 0 Å². The molecule has 3 rings (SSSR count). The SMILES string of the molecule is CC(c1ccccc1)N(C(=S)NC1CC(C)(C)NC(C)(C)C1)C1CCN(C)CC1. The lowest BCUT2D eigenvalue weighted by Gasteiger charge is -2.48. The number of benzene rings is 1. The predicted molar refractivity (Wildman–Crippen MR) is 127 cm³/mol. The number of hydrogen-bond donors (Lipinski definition) is 2. The molecule has 0 aliphatic carbocycles. The normalized spacial score (nSPS) is 24.1. The van der Waals surface area contributed by atoms with E-state index in [0.717, 1.165) is 31.0 Å². The van der Waals surface area contributed by atoms with E-state index in [9.17, 15) is 0 Å². The third-order valence-corrected chi connectivity index (χ3v) is 6.86. The fourth-order valence-corrected chi connectivity index (χ4v) is 5.97. The Hall–Kier alpha value is -1.17. The van der Waals surface area contributed by atoms with Gasteiger partial charge < -0.3 is 20.4 Å². The molecule has 0 bridgehead atoms. The van der Waals surface area contributed by atoms with Crippen LogP contribution < -0.4 is 10.6 Å². The average molecular weight is 417 g/mol. The molecule has 1 unspecified atom stereocenters. The van der Waals surface area contributed by atoms with Crippen molar-refractivity contribution in [3.63, 3.8) is 0 Å². The van der Waals surface area contributed by atoms with Crippen molar-refractivity contribution in [2.45, 2.75) is 89.5 Å². The molecule has 5 heteroatoms. The summed E-state index contributed by atoms with van der Waals surface area (Å²) in [5.41, 5.74) is 1.55. The summed E-state index contributed by atoms with van der Waals surface area (Å²) in [5.74, 6) is 0. The predicted octanol–water partition coefficient (Wildman–Crippen LogP) is 4.33. The largest absolute Gasteiger partial charge is 0.360 e. The van der Waals surface area contributed by atoms with Crippen LogP contribution in [0, 0.1) is 0 Å². The summed E-state index contributed by atoms with van der Waals surface area (Å²) < 4.78 is 0. The molecule has 162 valence electrons. The molecule has 2 aliphatic rings. The fraction of sp³-hybridized carbons (Fsp3) is 0.708. The minimum Gasteiger partial charge on any atom is -0.360 e. The van der Waals surface area contributed by atoms with Crippen LogP contribution in [-0.2, 0) is 0 Å². The Morgan fingerprint density at radius 1 is 1.10 bits per heavy atom. The van der Waals surface area contributed by atoms with Crippen LogP contribution in [0.4, 0.5) is 0 Å². The van der Waals surface area contributed by atoms with Gasteiger partial charge in [-0.05, 0) is 98.2 Å². The molecule has 2 aliphatic heterocycles. The van der Waals surface area contributed by atoms with Crippen LogP contribution in [-0.4, -0.2) is 58.2 Å². The van der Waals surface area contributed by atoms with Crippen LogP contribution in [0.2, 0.25) is 0 Å². The number of likely N-dealkylation sites (tertiary alicyclic amines) is 1. The average Bonchev–Trinajstić information content (AvgIpc) is 2.61. The summed E-state index contributed by atoms with van der Waals surface area (Å²) in [5, 5.41) is 8.50. The maximum Gasteiger partial charge on any atom is 0.169 e. The molecular weight excluding hydrogens is 376 g/mol. The van der Waals surface area contributed by atoms with E-state index in [1.54, 1.807) is 0 Å². The first-order chi connectivity index (χ1) is 13.6. The molecule has 0 amide bonds. The second kappa shape index (κ2) is 8.91. The lowest BCUT2D eigenvalue weighted by Crippen LogP contribution is -2.63. The van der Waals surface area contributed by atoms with Gasteiger partial charge in [0, 0.05) is 23.2 Å². The van der Waals surface area contributed by atoms with Gasteiger partial charge in [-0.2, -0.15) is 0 Å². The molecule has 4 nitrogen and oxygen atoms in total. The highest BCUT2D eigenvalue weighted by atomic mass is 32.1. The van der Waals surface area contributed by atoms with Gasteiger partial charge in [0.2, 0.25) is 0 Å². The van der Waals surface area contributed by atoms with Gasteiger partial charge in [0.25, 0.3) is 0 Å². The summed E-state index contributed by atoms with van der Waals surface area (Å²) in [4.78, 5) is 4.93. The van der Waals surface area contributed by atoms with Crippen LogP contribution in [0.5, 0.6) is 0 Å². The van der Waals surface area contributed by atoms with Crippen molar-refractivity contribution in [3.8, 4) is 0 Å². The third kappa shape index (κ3) is 5.93. The van der Waals surface area contributed by atoms with Crippen molar-refractivity contribution in [2.75, 3.05) is 20.1 Å². The summed E-state index contributed by atoms with van der Waals surface area (Å²) in [7, 11) is 2.22. The molecule has 0 saturated carbocycles. The number of nitrogens with zero attached hydrogens (tertiary/aromatic N) is 2. The van der Waals surface area contributed by atoms with Crippen molar-refractivity contribution < 1.29 is 0 Å². The summed E-state index contributed by atoms with van der Waals surface area (Å²) in [6.07, 6.45) is 4.49. The van der Waals surface area contributed by atoms with E-state index in [1.807, 2.05) is 0 Å². The Kier molecular flexibility index (Phi) is 6.91. The number of piperidine rings is 2. The quantitative estimate of drug-likeness (QED) is 0.714. The van der Waals surface area contributed by atoms with E-state index in [1.165, 1.54) is 18.4 Å². The number of thiocarbonyl (C=S) groups is 1. The van der Waals surface area contributed by atoms with Gasteiger partial charge in [0.15, 0.2) is 5.11 Å². The number of hydrogen-bond acceptors (Lipinski definition) is 3. The Balaban J connectivity index is 1.78. The maximum atomic E-state index is 6.07. The van der Waals surface area contributed by atoms with Crippen molar-refractivity contribution in [3.05, 3.63) is 35.9 Å². The third-order valence-electron chi connectivity index (χ3n) is 6.53. The molecule has 0 spiro atoms. The monoisotopic (exact) mass is 416 g/mol. The van der Waals surface area contributed by atoms with Gasteiger partial charge in [0.1, 0.15) is 0 Å². The minimum atomic E-state index is 0.110. The zero-order valence-electron chi connectivity index (χ0n) is 19.2. The smallest absolute Gasteiger partial charge is 0.169 e. The molecule has 2 N–H and O–H groups in total. The lowest BCUT2D eigenvalue weighted by molar-refractivity contribution is 0.136. The Morgan fingerprint density at radius 2 is 1.66 bits per heavy atom. The van der Waals surface area contributed by atoms with Gasteiger partial charge in [-0.3, -0.25) is 0 Å². The van der Waals surface area contributed by atoms with Crippen LogP contribution in [0.3, 0.4) is 0 Å². The molecule has 0 aromatic heterocycles. The zero-order valence-corrected chi connectivity index (χ0v) is 20.0. The molecule has 2 heterocycles. The first kappa shape index (κ1) is 22.5. The molecule has 1 atom stereocenters. The van der Waals surface area contributed by atoms with Gasteiger partial charge in [-0.25, -0.2) is 0 Å². The van der Waals surface area contributed by atoms with Gasteiger partial charge in [0.05, 0.1) is 6.04 Å². The van der Waals surface area contributed by atoms with Crippen molar-refractivity contribution >= 4 is 17.3 Å². The maximum absolute atomic E-state index is 6.07. The number of nitrogens with one attached hydrogen (secondary N) is 2. The Labute approximate surface area is 183 Å². The first-order valence-corrected chi connectivity index (χ1v) is 11.6. The molecule has 0 radical (unpaired) electrons. The van der Waals surface area contributed by atoms with Crippen LogP contribution in [0.1, 0.15) is 71.9 Å².